The Hall–Kier alpha value is -2.16. The van der Waals surface area contributed by atoms with E-state index < -0.39 is 5.82 Å². The number of aryl methyl sites for hydroxylation is 1. The van der Waals surface area contributed by atoms with E-state index >= 15 is 0 Å². The van der Waals surface area contributed by atoms with Crippen LogP contribution in [0.15, 0.2) is 42.5 Å². The van der Waals surface area contributed by atoms with Crippen LogP contribution in [0.3, 0.4) is 0 Å². The number of benzene rings is 2. The van der Waals surface area contributed by atoms with E-state index in [1.807, 2.05) is 0 Å². The highest BCUT2D eigenvalue weighted by Crippen LogP contribution is 2.40. The largest absolute Gasteiger partial charge is 0.352 e. The first-order valence-corrected chi connectivity index (χ1v) is 8.88. The third kappa shape index (κ3) is 3.08. The van der Waals surface area contributed by atoms with E-state index in [-0.39, 0.29) is 11.5 Å². The van der Waals surface area contributed by atoms with Gasteiger partial charge in [0.15, 0.2) is 0 Å². The van der Waals surface area contributed by atoms with Crippen LogP contribution in [0.25, 0.3) is 0 Å². The summed E-state index contributed by atoms with van der Waals surface area (Å²) in [7, 11) is 0. The molecule has 2 aliphatic carbocycles. The predicted molar refractivity (Wildman–Crippen MR) is 92.8 cm³/mol. The maximum Gasteiger partial charge on any atom is 0.254 e. The van der Waals surface area contributed by atoms with Crippen LogP contribution in [0.1, 0.15) is 64.6 Å². The maximum atomic E-state index is 14.0. The van der Waals surface area contributed by atoms with Gasteiger partial charge in [0, 0.05) is 6.54 Å². The Morgan fingerprint density at radius 3 is 2.79 bits per heavy atom. The van der Waals surface area contributed by atoms with Gasteiger partial charge in [-0.15, -0.1) is 0 Å². The highest BCUT2D eigenvalue weighted by molar-refractivity contribution is 5.94. The second kappa shape index (κ2) is 6.39. The lowest BCUT2D eigenvalue weighted by atomic mass is 9.98. The van der Waals surface area contributed by atoms with Crippen LogP contribution in [-0.2, 0) is 6.42 Å². The lowest BCUT2D eigenvalue weighted by molar-refractivity contribution is 0.0948. The van der Waals surface area contributed by atoms with Gasteiger partial charge in [0.25, 0.3) is 5.91 Å². The van der Waals surface area contributed by atoms with Gasteiger partial charge in [0.05, 0.1) is 5.56 Å². The van der Waals surface area contributed by atoms with Crippen molar-refractivity contribution in [3.63, 3.8) is 0 Å². The molecule has 0 aliphatic heterocycles. The molecule has 4 rings (SSSR count). The molecule has 1 amide bonds. The van der Waals surface area contributed by atoms with Crippen molar-refractivity contribution in [2.75, 3.05) is 6.54 Å². The molecule has 3 heteroatoms. The van der Waals surface area contributed by atoms with Gasteiger partial charge in [-0.05, 0) is 72.8 Å². The lowest BCUT2D eigenvalue weighted by Gasteiger charge is -2.13. The van der Waals surface area contributed by atoms with Gasteiger partial charge in [0.1, 0.15) is 5.82 Å². The minimum atomic E-state index is -0.428. The minimum absolute atomic E-state index is 0.186. The quantitative estimate of drug-likeness (QED) is 0.859. The summed E-state index contributed by atoms with van der Waals surface area (Å²) in [6.45, 7) is 0.588. The van der Waals surface area contributed by atoms with E-state index in [2.05, 4.69) is 29.6 Å². The van der Waals surface area contributed by atoms with Gasteiger partial charge in [-0.2, -0.15) is 0 Å². The number of fused-ring (bicyclic) bond motifs is 1. The van der Waals surface area contributed by atoms with E-state index in [0.29, 0.717) is 18.4 Å². The summed E-state index contributed by atoms with van der Waals surface area (Å²) in [5.41, 5.74) is 4.11. The molecule has 2 aromatic carbocycles. The Balaban J connectivity index is 1.37. The van der Waals surface area contributed by atoms with Gasteiger partial charge in [-0.3, -0.25) is 4.79 Å². The summed E-state index contributed by atoms with van der Waals surface area (Å²) in [4.78, 5) is 12.3. The molecule has 2 nitrogen and oxygen atoms in total. The van der Waals surface area contributed by atoms with Crippen LogP contribution in [0.5, 0.6) is 0 Å². The number of hydrogen-bond acceptors (Lipinski definition) is 1. The summed E-state index contributed by atoms with van der Waals surface area (Å²) in [5.74, 6) is 0.306. The fraction of sp³-hybridized carbons (Fsp3) is 0.381. The number of hydrogen-bond donors (Lipinski definition) is 1. The van der Waals surface area contributed by atoms with Crippen LogP contribution < -0.4 is 5.32 Å². The molecule has 0 radical (unpaired) electrons. The summed E-state index contributed by atoms with van der Waals surface area (Å²) < 4.78 is 14.0. The molecule has 0 heterocycles. The van der Waals surface area contributed by atoms with Crippen LogP contribution >= 0.6 is 0 Å². The summed E-state index contributed by atoms with van der Waals surface area (Å²) >= 11 is 0. The SMILES string of the molecule is O=C(NCCC1CCc2ccccc21)c1cc(C2CC2)ccc1F. The van der Waals surface area contributed by atoms with Crippen molar-refractivity contribution < 1.29 is 9.18 Å². The zero-order chi connectivity index (χ0) is 16.5. The molecule has 0 bridgehead atoms. The van der Waals surface area contributed by atoms with E-state index in [4.69, 9.17) is 0 Å². The summed E-state index contributed by atoms with van der Waals surface area (Å²) in [6.07, 6.45) is 5.46. The third-order valence-electron chi connectivity index (χ3n) is 5.32. The number of nitrogens with one attached hydrogen (secondary N) is 1. The predicted octanol–water partition coefficient (Wildman–Crippen LogP) is 4.55. The van der Waals surface area contributed by atoms with Crippen molar-refractivity contribution in [2.24, 2.45) is 0 Å². The Bertz CT molecular complexity index is 766. The van der Waals surface area contributed by atoms with Crippen molar-refractivity contribution in [1.29, 1.82) is 0 Å². The van der Waals surface area contributed by atoms with Crippen LogP contribution in [0.4, 0.5) is 4.39 Å². The second-order valence-corrected chi connectivity index (χ2v) is 6.99. The number of carbonyl (C=O) groups excluding carboxylic acids is 1. The van der Waals surface area contributed by atoms with Gasteiger partial charge in [0.2, 0.25) is 0 Å². The van der Waals surface area contributed by atoms with E-state index in [1.54, 1.807) is 12.1 Å². The average molecular weight is 323 g/mol. The standard InChI is InChI=1S/C21H22FNO/c22-20-10-9-17(14-5-6-14)13-19(20)21(24)23-12-11-16-8-7-15-3-1-2-4-18(15)16/h1-4,9-10,13-14,16H,5-8,11-12H2,(H,23,24). The summed E-state index contributed by atoms with van der Waals surface area (Å²) in [5, 5.41) is 2.91. The Kier molecular flexibility index (Phi) is 4.09. The van der Waals surface area contributed by atoms with E-state index in [1.165, 1.54) is 17.2 Å². The molecule has 1 unspecified atom stereocenters. The van der Waals surface area contributed by atoms with E-state index in [9.17, 15) is 9.18 Å². The molecule has 1 atom stereocenters. The first kappa shape index (κ1) is 15.4. The highest BCUT2D eigenvalue weighted by atomic mass is 19.1. The van der Waals surface area contributed by atoms with Crippen molar-refractivity contribution in [3.05, 3.63) is 70.5 Å². The zero-order valence-electron chi connectivity index (χ0n) is 13.7. The fourth-order valence-corrected chi connectivity index (χ4v) is 3.79. The minimum Gasteiger partial charge on any atom is -0.352 e. The molecular formula is C21H22FNO. The van der Waals surface area contributed by atoms with Crippen LogP contribution in [0, 0.1) is 5.82 Å². The topological polar surface area (TPSA) is 29.1 Å². The molecule has 0 spiro atoms. The number of amides is 1. The molecule has 2 aliphatic rings. The molecule has 1 fully saturated rings. The number of rotatable bonds is 5. The Morgan fingerprint density at radius 1 is 1.12 bits per heavy atom. The fourth-order valence-electron chi connectivity index (χ4n) is 3.79. The highest BCUT2D eigenvalue weighted by Gasteiger charge is 2.25. The average Bonchev–Trinajstić information content (AvgIpc) is 3.37. The van der Waals surface area contributed by atoms with Crippen LogP contribution in [-0.4, -0.2) is 12.5 Å². The second-order valence-electron chi connectivity index (χ2n) is 6.99. The molecule has 1 saturated carbocycles. The lowest BCUT2D eigenvalue weighted by Crippen LogP contribution is -2.26. The molecule has 124 valence electrons. The third-order valence-corrected chi connectivity index (χ3v) is 5.32. The Morgan fingerprint density at radius 2 is 1.96 bits per heavy atom. The first-order valence-electron chi connectivity index (χ1n) is 8.88. The normalized spacial score (nSPS) is 19.1. The molecule has 2 aromatic rings. The first-order chi connectivity index (χ1) is 11.7. The van der Waals surface area contributed by atoms with Crippen LogP contribution in [0.2, 0.25) is 0 Å². The maximum absolute atomic E-state index is 14.0. The van der Waals surface area contributed by atoms with Gasteiger partial charge < -0.3 is 5.32 Å². The number of carbonyl (C=O) groups is 1. The molecule has 1 N–H and O–H groups in total. The summed E-state index contributed by atoms with van der Waals surface area (Å²) in [6, 6.07) is 13.5. The van der Waals surface area contributed by atoms with Gasteiger partial charge in [-0.25, -0.2) is 4.39 Å². The van der Waals surface area contributed by atoms with Crippen molar-refractivity contribution in [3.8, 4) is 0 Å². The molecule has 24 heavy (non-hydrogen) atoms. The zero-order valence-corrected chi connectivity index (χ0v) is 13.7. The molecular weight excluding hydrogens is 301 g/mol. The Labute approximate surface area is 142 Å². The van der Waals surface area contributed by atoms with Crippen molar-refractivity contribution >= 4 is 5.91 Å². The monoisotopic (exact) mass is 323 g/mol. The smallest absolute Gasteiger partial charge is 0.254 e. The van der Waals surface area contributed by atoms with Crippen molar-refractivity contribution in [2.45, 2.75) is 43.9 Å². The molecule has 0 aromatic heterocycles. The van der Waals surface area contributed by atoms with E-state index in [0.717, 1.165) is 37.7 Å². The van der Waals surface area contributed by atoms with Gasteiger partial charge >= 0.3 is 0 Å². The number of halogens is 1. The molecule has 0 saturated heterocycles. The van der Waals surface area contributed by atoms with Gasteiger partial charge in [-0.1, -0.05) is 30.3 Å². The van der Waals surface area contributed by atoms with Crippen molar-refractivity contribution in [1.82, 2.24) is 5.32 Å².